The summed E-state index contributed by atoms with van der Waals surface area (Å²) in [5, 5.41) is 9.42. The van der Waals surface area contributed by atoms with Crippen LogP contribution in [0.15, 0.2) is 23.1 Å². The Hall–Kier alpha value is -1.62. The molecule has 0 aliphatic carbocycles. The van der Waals surface area contributed by atoms with Crippen LogP contribution in [0.2, 0.25) is 0 Å². The highest BCUT2D eigenvalue weighted by atomic mass is 16.4. The predicted octanol–water partition coefficient (Wildman–Crippen LogP) is 2.01. The second-order valence-electron chi connectivity index (χ2n) is 6.88. The van der Waals surface area contributed by atoms with Crippen LogP contribution in [0, 0.1) is 11.8 Å². The van der Waals surface area contributed by atoms with Crippen LogP contribution in [0.4, 0.5) is 0 Å². The number of rotatable bonds is 7. The highest BCUT2D eigenvalue weighted by Crippen LogP contribution is 2.18. The molecular weight excluding hydrogens is 280 g/mol. The number of likely N-dealkylation sites (tertiary alicyclic amines) is 1. The average molecular weight is 306 g/mol. The molecule has 5 nitrogen and oxygen atoms in total. The first-order valence-corrected chi connectivity index (χ1v) is 8.03. The number of nitrogens with zero attached hydrogens (tertiary/aromatic N) is 2. The van der Waals surface area contributed by atoms with Crippen LogP contribution in [0.1, 0.15) is 38.8 Å². The maximum Gasteiger partial charge on any atom is 0.326 e. The summed E-state index contributed by atoms with van der Waals surface area (Å²) in [6.07, 6.45) is 3.04. The molecule has 5 heteroatoms. The van der Waals surface area contributed by atoms with E-state index in [9.17, 15) is 14.7 Å². The number of hydrogen-bond donors (Lipinski definition) is 1. The van der Waals surface area contributed by atoms with Crippen molar-refractivity contribution in [1.82, 2.24) is 9.47 Å². The van der Waals surface area contributed by atoms with E-state index < -0.39 is 12.0 Å². The van der Waals surface area contributed by atoms with Crippen molar-refractivity contribution < 1.29 is 9.90 Å². The SMILES string of the molecule is CC(C)CC(C(=O)O)n1cc(CCN2CC(C)C2)ccc1=O. The summed E-state index contributed by atoms with van der Waals surface area (Å²) in [6.45, 7) is 9.39. The van der Waals surface area contributed by atoms with Gasteiger partial charge < -0.3 is 14.6 Å². The molecule has 0 amide bonds. The molecule has 1 unspecified atom stereocenters. The summed E-state index contributed by atoms with van der Waals surface area (Å²) < 4.78 is 1.39. The summed E-state index contributed by atoms with van der Waals surface area (Å²) >= 11 is 0. The van der Waals surface area contributed by atoms with Crippen molar-refractivity contribution >= 4 is 5.97 Å². The Labute approximate surface area is 131 Å². The molecule has 1 aliphatic rings. The molecule has 2 heterocycles. The van der Waals surface area contributed by atoms with Crippen molar-refractivity contribution in [1.29, 1.82) is 0 Å². The van der Waals surface area contributed by atoms with E-state index in [1.165, 1.54) is 10.6 Å². The van der Waals surface area contributed by atoms with Gasteiger partial charge in [-0.1, -0.05) is 26.8 Å². The minimum absolute atomic E-state index is 0.222. The minimum Gasteiger partial charge on any atom is -0.480 e. The number of hydrogen-bond acceptors (Lipinski definition) is 3. The molecule has 1 atom stereocenters. The van der Waals surface area contributed by atoms with Crippen molar-refractivity contribution in [3.05, 3.63) is 34.2 Å². The van der Waals surface area contributed by atoms with Gasteiger partial charge in [0.05, 0.1) is 0 Å². The van der Waals surface area contributed by atoms with Crippen LogP contribution in [0.3, 0.4) is 0 Å². The molecule has 0 aromatic carbocycles. The Balaban J connectivity index is 2.10. The van der Waals surface area contributed by atoms with Gasteiger partial charge in [-0.2, -0.15) is 0 Å². The second-order valence-corrected chi connectivity index (χ2v) is 6.88. The first-order valence-electron chi connectivity index (χ1n) is 8.03. The molecule has 2 rings (SSSR count). The predicted molar refractivity (Wildman–Crippen MR) is 86.1 cm³/mol. The molecule has 22 heavy (non-hydrogen) atoms. The van der Waals surface area contributed by atoms with Crippen LogP contribution in [-0.2, 0) is 11.2 Å². The summed E-state index contributed by atoms with van der Waals surface area (Å²) in [4.78, 5) is 25.9. The third kappa shape index (κ3) is 4.19. The number of aliphatic carboxylic acids is 1. The van der Waals surface area contributed by atoms with Gasteiger partial charge in [0.15, 0.2) is 0 Å². The van der Waals surface area contributed by atoms with E-state index in [1.807, 2.05) is 19.9 Å². The molecule has 0 spiro atoms. The largest absolute Gasteiger partial charge is 0.480 e. The van der Waals surface area contributed by atoms with Gasteiger partial charge in [0.1, 0.15) is 6.04 Å². The molecular formula is C17H26N2O3. The third-order valence-corrected chi connectivity index (χ3v) is 4.17. The molecule has 0 saturated carbocycles. The maximum atomic E-state index is 12.0. The van der Waals surface area contributed by atoms with Gasteiger partial charge in [-0.25, -0.2) is 4.79 Å². The highest BCUT2D eigenvalue weighted by molar-refractivity contribution is 5.71. The first kappa shape index (κ1) is 16.7. The van der Waals surface area contributed by atoms with Crippen molar-refractivity contribution in [2.75, 3.05) is 19.6 Å². The summed E-state index contributed by atoms with van der Waals surface area (Å²) in [6, 6.07) is 2.53. The van der Waals surface area contributed by atoms with Crippen LogP contribution in [0.25, 0.3) is 0 Å². The zero-order valence-corrected chi connectivity index (χ0v) is 13.7. The van der Waals surface area contributed by atoms with Crippen molar-refractivity contribution in [2.45, 2.75) is 39.7 Å². The number of pyridine rings is 1. The van der Waals surface area contributed by atoms with E-state index in [2.05, 4.69) is 11.8 Å². The van der Waals surface area contributed by atoms with Gasteiger partial charge in [0.25, 0.3) is 5.56 Å². The summed E-state index contributed by atoms with van der Waals surface area (Å²) in [7, 11) is 0. The lowest BCUT2D eigenvalue weighted by Crippen LogP contribution is -2.45. The van der Waals surface area contributed by atoms with Gasteiger partial charge >= 0.3 is 5.97 Å². The lowest BCUT2D eigenvalue weighted by Gasteiger charge is -2.37. The number of carboxylic acid groups (broad SMARTS) is 1. The molecule has 1 aromatic rings. The molecule has 0 radical (unpaired) electrons. The lowest BCUT2D eigenvalue weighted by atomic mass is 10.0. The van der Waals surface area contributed by atoms with E-state index in [-0.39, 0.29) is 11.5 Å². The van der Waals surface area contributed by atoms with Crippen LogP contribution < -0.4 is 5.56 Å². The van der Waals surface area contributed by atoms with Crippen molar-refractivity contribution in [2.24, 2.45) is 11.8 Å². The van der Waals surface area contributed by atoms with E-state index in [1.54, 1.807) is 6.20 Å². The quantitative estimate of drug-likeness (QED) is 0.837. The Morgan fingerprint density at radius 2 is 2.05 bits per heavy atom. The van der Waals surface area contributed by atoms with Gasteiger partial charge in [-0.15, -0.1) is 0 Å². The Morgan fingerprint density at radius 1 is 1.36 bits per heavy atom. The third-order valence-electron chi connectivity index (χ3n) is 4.17. The molecule has 1 fully saturated rings. The minimum atomic E-state index is -0.940. The molecule has 122 valence electrons. The molecule has 1 saturated heterocycles. The topological polar surface area (TPSA) is 62.5 Å². The van der Waals surface area contributed by atoms with Crippen molar-refractivity contribution in [3.8, 4) is 0 Å². The number of carbonyl (C=O) groups is 1. The highest BCUT2D eigenvalue weighted by Gasteiger charge is 2.23. The van der Waals surface area contributed by atoms with E-state index in [4.69, 9.17) is 0 Å². The Kier molecular flexibility index (Phi) is 5.40. The zero-order chi connectivity index (χ0) is 16.3. The van der Waals surface area contributed by atoms with Crippen LogP contribution >= 0.6 is 0 Å². The van der Waals surface area contributed by atoms with Gasteiger partial charge in [-0.3, -0.25) is 4.79 Å². The lowest BCUT2D eigenvalue weighted by molar-refractivity contribution is -0.141. The van der Waals surface area contributed by atoms with Gasteiger partial charge in [0.2, 0.25) is 0 Å². The zero-order valence-electron chi connectivity index (χ0n) is 13.7. The fourth-order valence-electron chi connectivity index (χ4n) is 3.02. The smallest absolute Gasteiger partial charge is 0.326 e. The summed E-state index contributed by atoms with van der Waals surface area (Å²) in [5.41, 5.74) is 0.781. The maximum absolute atomic E-state index is 12.0. The van der Waals surface area contributed by atoms with E-state index in [0.717, 1.165) is 37.5 Å². The van der Waals surface area contributed by atoms with E-state index in [0.29, 0.717) is 6.42 Å². The Morgan fingerprint density at radius 3 is 2.59 bits per heavy atom. The fourth-order valence-corrected chi connectivity index (χ4v) is 3.02. The Bertz CT molecular complexity index is 574. The fraction of sp³-hybridized carbons (Fsp3) is 0.647. The molecule has 1 aliphatic heterocycles. The number of aromatic nitrogens is 1. The first-order chi connectivity index (χ1) is 10.4. The second kappa shape index (κ2) is 7.09. The normalized spacial score (nSPS) is 17.5. The van der Waals surface area contributed by atoms with Gasteiger partial charge in [-0.05, 0) is 30.2 Å². The number of carboxylic acids is 1. The van der Waals surface area contributed by atoms with E-state index >= 15 is 0 Å². The molecule has 1 N–H and O–H groups in total. The van der Waals surface area contributed by atoms with Gasteiger partial charge in [0, 0.05) is 31.9 Å². The van der Waals surface area contributed by atoms with Crippen molar-refractivity contribution in [3.63, 3.8) is 0 Å². The average Bonchev–Trinajstić information content (AvgIpc) is 2.41. The standard InChI is InChI=1S/C17H26N2O3/c1-12(2)8-15(17(21)22)19-11-14(4-5-16(19)20)6-7-18-9-13(3)10-18/h4-5,11-13,15H,6-10H2,1-3H3,(H,21,22). The molecule has 0 bridgehead atoms. The monoisotopic (exact) mass is 306 g/mol. The van der Waals surface area contributed by atoms with Crippen LogP contribution in [-0.4, -0.2) is 40.2 Å². The molecule has 1 aromatic heterocycles. The summed E-state index contributed by atoms with van der Waals surface area (Å²) in [5.74, 6) is 0.0557. The van der Waals surface area contributed by atoms with Crippen LogP contribution in [0.5, 0.6) is 0 Å².